The standard InChI is InChI=1S/C12H15BrO3/c1-7(2)6-16-11-8(3)4-9(13)5-10(11)12(14)15/h4-5,7H,6H2,1-3H3,(H,14,15). The average Bonchev–Trinajstić information content (AvgIpc) is 2.14. The molecule has 0 unspecified atom stereocenters. The second-order valence-electron chi connectivity index (χ2n) is 4.11. The van der Waals surface area contributed by atoms with Gasteiger partial charge >= 0.3 is 5.97 Å². The molecule has 3 nitrogen and oxygen atoms in total. The molecule has 0 saturated heterocycles. The van der Waals surface area contributed by atoms with Gasteiger partial charge in [-0.25, -0.2) is 4.79 Å². The van der Waals surface area contributed by atoms with Crippen molar-refractivity contribution in [1.82, 2.24) is 0 Å². The largest absolute Gasteiger partial charge is 0.492 e. The zero-order valence-corrected chi connectivity index (χ0v) is 11.2. The molecule has 1 aromatic rings. The van der Waals surface area contributed by atoms with Crippen LogP contribution in [0.4, 0.5) is 0 Å². The summed E-state index contributed by atoms with van der Waals surface area (Å²) in [5.74, 6) is -0.141. The molecule has 0 bridgehead atoms. The molecule has 1 aromatic carbocycles. The number of rotatable bonds is 4. The smallest absolute Gasteiger partial charge is 0.339 e. The Morgan fingerprint density at radius 3 is 2.62 bits per heavy atom. The Labute approximate surface area is 104 Å². The zero-order chi connectivity index (χ0) is 12.3. The minimum Gasteiger partial charge on any atom is -0.492 e. The molecule has 0 aliphatic rings. The molecule has 1 rings (SSSR count). The number of ether oxygens (including phenoxy) is 1. The summed E-state index contributed by atoms with van der Waals surface area (Å²) in [5.41, 5.74) is 1.03. The quantitative estimate of drug-likeness (QED) is 0.922. The Kier molecular flexibility index (Phi) is 4.35. The van der Waals surface area contributed by atoms with Crippen molar-refractivity contribution in [3.05, 3.63) is 27.7 Å². The highest BCUT2D eigenvalue weighted by molar-refractivity contribution is 9.10. The summed E-state index contributed by atoms with van der Waals surface area (Å²) in [6.45, 7) is 6.40. The lowest BCUT2D eigenvalue weighted by Crippen LogP contribution is -2.09. The van der Waals surface area contributed by atoms with Gasteiger partial charge in [-0.2, -0.15) is 0 Å². The predicted molar refractivity (Wildman–Crippen MR) is 66.2 cm³/mol. The molecular formula is C12H15BrO3. The van der Waals surface area contributed by atoms with Crippen molar-refractivity contribution in [3.8, 4) is 5.75 Å². The van der Waals surface area contributed by atoms with Gasteiger partial charge in [0.2, 0.25) is 0 Å². The third kappa shape index (κ3) is 3.23. The van der Waals surface area contributed by atoms with Crippen molar-refractivity contribution < 1.29 is 14.6 Å². The van der Waals surface area contributed by atoms with E-state index in [1.807, 2.05) is 26.8 Å². The minimum atomic E-state index is -0.969. The Hall–Kier alpha value is -1.03. The zero-order valence-electron chi connectivity index (χ0n) is 9.58. The molecule has 0 heterocycles. The van der Waals surface area contributed by atoms with Gasteiger partial charge in [0.1, 0.15) is 11.3 Å². The van der Waals surface area contributed by atoms with E-state index in [-0.39, 0.29) is 5.56 Å². The van der Waals surface area contributed by atoms with E-state index in [4.69, 9.17) is 9.84 Å². The fourth-order valence-electron chi connectivity index (χ4n) is 1.33. The van der Waals surface area contributed by atoms with Gasteiger partial charge in [0.05, 0.1) is 6.61 Å². The monoisotopic (exact) mass is 286 g/mol. The maximum absolute atomic E-state index is 11.1. The van der Waals surface area contributed by atoms with E-state index in [1.54, 1.807) is 6.07 Å². The lowest BCUT2D eigenvalue weighted by Gasteiger charge is -2.14. The topological polar surface area (TPSA) is 46.5 Å². The predicted octanol–water partition coefficient (Wildman–Crippen LogP) is 3.49. The second kappa shape index (κ2) is 5.34. The van der Waals surface area contributed by atoms with Crippen LogP contribution in [0, 0.1) is 12.8 Å². The first kappa shape index (κ1) is 13.0. The second-order valence-corrected chi connectivity index (χ2v) is 5.03. The molecule has 0 fully saturated rings. The van der Waals surface area contributed by atoms with Crippen LogP contribution in [-0.4, -0.2) is 17.7 Å². The van der Waals surface area contributed by atoms with E-state index in [1.165, 1.54) is 0 Å². The summed E-state index contributed by atoms with van der Waals surface area (Å²) in [7, 11) is 0. The van der Waals surface area contributed by atoms with Crippen LogP contribution < -0.4 is 4.74 Å². The first-order valence-corrected chi connectivity index (χ1v) is 5.87. The van der Waals surface area contributed by atoms with Crippen molar-refractivity contribution >= 4 is 21.9 Å². The fourth-order valence-corrected chi connectivity index (χ4v) is 1.90. The number of carbonyl (C=O) groups is 1. The summed E-state index contributed by atoms with van der Waals surface area (Å²) < 4.78 is 6.29. The summed E-state index contributed by atoms with van der Waals surface area (Å²) in [5, 5.41) is 9.08. The molecule has 0 radical (unpaired) electrons. The highest BCUT2D eigenvalue weighted by Gasteiger charge is 2.15. The molecule has 0 spiro atoms. The van der Waals surface area contributed by atoms with Crippen LogP contribution >= 0.6 is 15.9 Å². The van der Waals surface area contributed by atoms with Gasteiger partial charge in [0.15, 0.2) is 0 Å². The lowest BCUT2D eigenvalue weighted by molar-refractivity contribution is 0.0691. The molecule has 16 heavy (non-hydrogen) atoms. The van der Waals surface area contributed by atoms with Gasteiger partial charge in [-0.15, -0.1) is 0 Å². The highest BCUT2D eigenvalue weighted by Crippen LogP contribution is 2.28. The van der Waals surface area contributed by atoms with E-state index in [9.17, 15) is 4.79 Å². The molecule has 4 heteroatoms. The van der Waals surface area contributed by atoms with Crippen LogP contribution in [0.15, 0.2) is 16.6 Å². The van der Waals surface area contributed by atoms with Crippen LogP contribution in [0.2, 0.25) is 0 Å². The summed E-state index contributed by atoms with van der Waals surface area (Å²) in [6, 6.07) is 3.41. The third-order valence-corrected chi connectivity index (χ3v) is 2.49. The number of hydrogen-bond acceptors (Lipinski definition) is 2. The number of benzene rings is 1. The molecule has 0 aromatic heterocycles. The number of hydrogen-bond donors (Lipinski definition) is 1. The van der Waals surface area contributed by atoms with E-state index >= 15 is 0 Å². The first-order chi connectivity index (χ1) is 7.41. The Bertz CT molecular complexity index is 399. The van der Waals surface area contributed by atoms with Crippen molar-refractivity contribution in [2.45, 2.75) is 20.8 Å². The van der Waals surface area contributed by atoms with Gasteiger partial charge in [0.25, 0.3) is 0 Å². The van der Waals surface area contributed by atoms with Crippen LogP contribution in [0.25, 0.3) is 0 Å². The fraction of sp³-hybridized carbons (Fsp3) is 0.417. The lowest BCUT2D eigenvalue weighted by atomic mass is 10.1. The van der Waals surface area contributed by atoms with E-state index in [0.29, 0.717) is 18.3 Å². The number of halogens is 1. The summed E-state index contributed by atoms with van der Waals surface area (Å²) in [6.07, 6.45) is 0. The average molecular weight is 287 g/mol. The number of carboxylic acid groups (broad SMARTS) is 1. The van der Waals surface area contributed by atoms with Gasteiger partial charge < -0.3 is 9.84 Å². The molecule has 0 aliphatic heterocycles. The van der Waals surface area contributed by atoms with Crippen molar-refractivity contribution in [2.24, 2.45) is 5.92 Å². The number of carboxylic acids is 1. The SMILES string of the molecule is Cc1cc(Br)cc(C(=O)O)c1OCC(C)C. The van der Waals surface area contributed by atoms with E-state index in [2.05, 4.69) is 15.9 Å². The van der Waals surface area contributed by atoms with Crippen LogP contribution in [0.1, 0.15) is 29.8 Å². The van der Waals surface area contributed by atoms with Gasteiger partial charge in [-0.1, -0.05) is 29.8 Å². The van der Waals surface area contributed by atoms with Gasteiger partial charge in [0, 0.05) is 4.47 Å². The Morgan fingerprint density at radius 1 is 1.50 bits per heavy atom. The summed E-state index contributed by atoms with van der Waals surface area (Å²) >= 11 is 3.28. The molecule has 1 N–H and O–H groups in total. The number of aryl methyl sites for hydroxylation is 1. The molecule has 0 amide bonds. The van der Waals surface area contributed by atoms with Crippen molar-refractivity contribution in [1.29, 1.82) is 0 Å². The van der Waals surface area contributed by atoms with E-state index < -0.39 is 5.97 Å². The number of aromatic carboxylic acids is 1. The van der Waals surface area contributed by atoms with Crippen molar-refractivity contribution in [2.75, 3.05) is 6.61 Å². The highest BCUT2D eigenvalue weighted by atomic mass is 79.9. The minimum absolute atomic E-state index is 0.201. The maximum atomic E-state index is 11.1. The third-order valence-electron chi connectivity index (χ3n) is 2.03. The molecule has 88 valence electrons. The van der Waals surface area contributed by atoms with Gasteiger partial charge in [-0.05, 0) is 30.5 Å². The molecule has 0 saturated carbocycles. The van der Waals surface area contributed by atoms with Crippen LogP contribution in [-0.2, 0) is 0 Å². The van der Waals surface area contributed by atoms with Gasteiger partial charge in [-0.3, -0.25) is 0 Å². The normalized spacial score (nSPS) is 10.6. The maximum Gasteiger partial charge on any atom is 0.339 e. The van der Waals surface area contributed by atoms with Crippen LogP contribution in [0.5, 0.6) is 5.75 Å². The van der Waals surface area contributed by atoms with Crippen molar-refractivity contribution in [3.63, 3.8) is 0 Å². The summed E-state index contributed by atoms with van der Waals surface area (Å²) in [4.78, 5) is 11.1. The Morgan fingerprint density at radius 2 is 2.12 bits per heavy atom. The van der Waals surface area contributed by atoms with Crippen LogP contribution in [0.3, 0.4) is 0 Å². The molecule has 0 atom stereocenters. The molecular weight excluding hydrogens is 272 g/mol. The first-order valence-electron chi connectivity index (χ1n) is 5.08. The van der Waals surface area contributed by atoms with E-state index in [0.717, 1.165) is 10.0 Å². The Balaban J connectivity index is 3.09. The molecule has 0 aliphatic carbocycles.